The molecule has 20 heavy (non-hydrogen) atoms. The number of hydrogen-bond donors (Lipinski definition) is 2. The highest BCUT2D eigenvalue weighted by molar-refractivity contribution is 7.89. The monoisotopic (exact) mass is 298 g/mol. The summed E-state index contributed by atoms with van der Waals surface area (Å²) in [4.78, 5) is 0.292. The first kappa shape index (κ1) is 15.3. The Bertz CT molecular complexity index is 528. The third-order valence-corrected chi connectivity index (χ3v) is 5.54. The molecular weight excluding hydrogens is 276 g/mol. The van der Waals surface area contributed by atoms with Crippen molar-refractivity contribution in [2.24, 2.45) is 0 Å². The van der Waals surface area contributed by atoms with Crippen LogP contribution in [0.1, 0.15) is 26.2 Å². The fourth-order valence-electron chi connectivity index (χ4n) is 2.46. The molecule has 0 radical (unpaired) electrons. The first-order valence-electron chi connectivity index (χ1n) is 7.06. The van der Waals surface area contributed by atoms with Crippen LogP contribution in [0.4, 0.5) is 5.69 Å². The fraction of sp³-hybridized carbons (Fsp3) is 0.571. The molecule has 112 valence electrons. The topological polar surface area (TPSA) is 69.6 Å². The second-order valence-electron chi connectivity index (χ2n) is 5.05. The van der Waals surface area contributed by atoms with Gasteiger partial charge in [0.05, 0.1) is 11.5 Å². The van der Waals surface area contributed by atoms with Crippen molar-refractivity contribution >= 4 is 15.7 Å². The molecule has 2 rings (SSSR count). The first-order chi connectivity index (χ1) is 9.59. The van der Waals surface area contributed by atoms with Crippen molar-refractivity contribution in [1.29, 1.82) is 0 Å². The molecule has 0 spiro atoms. The summed E-state index contributed by atoms with van der Waals surface area (Å²) in [5.74, 6) is 0. The third-order valence-electron chi connectivity index (χ3n) is 3.57. The number of aliphatic hydroxyl groups excluding tert-OH is 1. The van der Waals surface area contributed by atoms with Crippen molar-refractivity contribution < 1.29 is 13.5 Å². The zero-order valence-corrected chi connectivity index (χ0v) is 12.6. The van der Waals surface area contributed by atoms with Crippen LogP contribution in [0.25, 0.3) is 0 Å². The van der Waals surface area contributed by atoms with Crippen molar-refractivity contribution in [3.05, 3.63) is 24.3 Å². The lowest BCUT2D eigenvalue weighted by molar-refractivity contribution is 0.213. The summed E-state index contributed by atoms with van der Waals surface area (Å²) in [5.41, 5.74) is 0.922. The molecule has 1 aromatic rings. The van der Waals surface area contributed by atoms with Gasteiger partial charge >= 0.3 is 0 Å². The van der Waals surface area contributed by atoms with Crippen molar-refractivity contribution in [2.75, 3.05) is 25.0 Å². The second-order valence-corrected chi connectivity index (χ2v) is 6.94. The van der Waals surface area contributed by atoms with Crippen LogP contribution in [0.2, 0.25) is 0 Å². The third kappa shape index (κ3) is 3.13. The van der Waals surface area contributed by atoms with Crippen LogP contribution in [0.3, 0.4) is 0 Å². The zero-order chi connectivity index (χ0) is 14.6. The Balaban J connectivity index is 2.17. The summed E-state index contributed by atoms with van der Waals surface area (Å²) >= 11 is 0. The molecule has 6 heteroatoms. The highest BCUT2D eigenvalue weighted by Crippen LogP contribution is 2.26. The number of hydrogen-bond acceptors (Lipinski definition) is 4. The highest BCUT2D eigenvalue weighted by Gasteiger charge is 2.34. The average molecular weight is 298 g/mol. The minimum Gasteiger partial charge on any atom is -0.395 e. The van der Waals surface area contributed by atoms with Gasteiger partial charge in [-0.3, -0.25) is 0 Å². The van der Waals surface area contributed by atoms with Crippen LogP contribution in [-0.4, -0.2) is 43.6 Å². The molecular formula is C14H22N2O3S. The zero-order valence-electron chi connectivity index (χ0n) is 11.7. The largest absolute Gasteiger partial charge is 0.395 e. The van der Waals surface area contributed by atoms with Gasteiger partial charge in [0, 0.05) is 24.8 Å². The molecule has 0 saturated carbocycles. The number of sulfonamides is 1. The Morgan fingerprint density at radius 3 is 2.65 bits per heavy atom. The summed E-state index contributed by atoms with van der Waals surface area (Å²) in [7, 11) is -3.49. The SMILES string of the molecule is CCCNc1ccc(S(=O)(=O)N2CCCC2CO)cc1. The number of aliphatic hydroxyl groups is 1. The molecule has 0 aromatic heterocycles. The van der Waals surface area contributed by atoms with E-state index in [2.05, 4.69) is 12.2 Å². The molecule has 1 aliphatic rings. The minimum absolute atomic E-state index is 0.116. The summed E-state index contributed by atoms with van der Waals surface area (Å²) < 4.78 is 26.5. The van der Waals surface area contributed by atoms with E-state index in [0.717, 1.165) is 31.5 Å². The predicted octanol–water partition coefficient (Wildman–Crippen LogP) is 1.65. The van der Waals surface area contributed by atoms with E-state index in [1.807, 2.05) is 0 Å². The van der Waals surface area contributed by atoms with Gasteiger partial charge in [-0.25, -0.2) is 8.42 Å². The molecule has 1 saturated heterocycles. The molecule has 2 N–H and O–H groups in total. The van der Waals surface area contributed by atoms with Gasteiger partial charge < -0.3 is 10.4 Å². The van der Waals surface area contributed by atoms with E-state index in [-0.39, 0.29) is 12.6 Å². The predicted molar refractivity (Wildman–Crippen MR) is 79.2 cm³/mol. The van der Waals surface area contributed by atoms with E-state index in [4.69, 9.17) is 0 Å². The van der Waals surface area contributed by atoms with Gasteiger partial charge in [-0.05, 0) is 43.5 Å². The van der Waals surface area contributed by atoms with Gasteiger partial charge in [-0.2, -0.15) is 4.31 Å². The maximum atomic E-state index is 12.5. The molecule has 1 atom stereocenters. The van der Waals surface area contributed by atoms with Crippen LogP contribution in [0, 0.1) is 0 Å². The molecule has 1 aromatic carbocycles. The van der Waals surface area contributed by atoms with Gasteiger partial charge in [0.15, 0.2) is 0 Å². The van der Waals surface area contributed by atoms with E-state index in [0.29, 0.717) is 11.4 Å². The Kier molecular flexibility index (Phi) is 5.01. The Labute approximate surface area is 120 Å². The van der Waals surface area contributed by atoms with Crippen LogP contribution < -0.4 is 5.32 Å². The summed E-state index contributed by atoms with van der Waals surface area (Å²) in [6, 6.07) is 6.54. The van der Waals surface area contributed by atoms with E-state index >= 15 is 0 Å². The normalized spacial score (nSPS) is 20.2. The van der Waals surface area contributed by atoms with Gasteiger partial charge in [0.25, 0.3) is 0 Å². The van der Waals surface area contributed by atoms with Crippen LogP contribution in [0.5, 0.6) is 0 Å². The van der Waals surface area contributed by atoms with Crippen molar-refractivity contribution in [3.63, 3.8) is 0 Å². The Morgan fingerprint density at radius 1 is 1.35 bits per heavy atom. The number of anilines is 1. The first-order valence-corrected chi connectivity index (χ1v) is 8.50. The molecule has 1 fully saturated rings. The fourth-order valence-corrected chi connectivity index (χ4v) is 4.14. The lowest BCUT2D eigenvalue weighted by atomic mass is 10.2. The number of nitrogens with one attached hydrogen (secondary N) is 1. The van der Waals surface area contributed by atoms with Gasteiger partial charge in [-0.15, -0.1) is 0 Å². The van der Waals surface area contributed by atoms with E-state index in [1.165, 1.54) is 4.31 Å². The van der Waals surface area contributed by atoms with E-state index < -0.39 is 10.0 Å². The lowest BCUT2D eigenvalue weighted by Gasteiger charge is -2.22. The average Bonchev–Trinajstić information content (AvgIpc) is 2.95. The van der Waals surface area contributed by atoms with Gasteiger partial charge in [-0.1, -0.05) is 6.92 Å². The molecule has 0 aliphatic carbocycles. The van der Waals surface area contributed by atoms with Crippen LogP contribution >= 0.6 is 0 Å². The molecule has 1 aliphatic heterocycles. The second kappa shape index (κ2) is 6.56. The van der Waals surface area contributed by atoms with Crippen LogP contribution in [0.15, 0.2) is 29.2 Å². The lowest BCUT2D eigenvalue weighted by Crippen LogP contribution is -2.37. The number of benzene rings is 1. The Hall–Kier alpha value is -1.11. The summed E-state index contributed by atoms with van der Waals surface area (Å²) in [6.07, 6.45) is 2.55. The minimum atomic E-state index is -3.49. The number of rotatable bonds is 6. The van der Waals surface area contributed by atoms with E-state index in [1.54, 1.807) is 24.3 Å². The Morgan fingerprint density at radius 2 is 2.05 bits per heavy atom. The molecule has 0 amide bonds. The number of nitrogens with zero attached hydrogens (tertiary/aromatic N) is 1. The maximum absolute atomic E-state index is 12.5. The molecule has 1 unspecified atom stereocenters. The van der Waals surface area contributed by atoms with Crippen molar-refractivity contribution in [2.45, 2.75) is 37.1 Å². The summed E-state index contributed by atoms with van der Waals surface area (Å²) in [5, 5.41) is 12.5. The molecule has 5 nitrogen and oxygen atoms in total. The summed E-state index contributed by atoms with van der Waals surface area (Å²) in [6.45, 7) is 3.32. The van der Waals surface area contributed by atoms with Crippen LogP contribution in [-0.2, 0) is 10.0 Å². The van der Waals surface area contributed by atoms with Crippen molar-refractivity contribution in [1.82, 2.24) is 4.31 Å². The standard InChI is InChI=1S/C14H22N2O3S/c1-2-9-15-12-5-7-14(8-6-12)20(18,19)16-10-3-4-13(16)11-17/h5-8,13,15,17H,2-4,9-11H2,1H3. The van der Waals surface area contributed by atoms with Gasteiger partial charge in [0.2, 0.25) is 10.0 Å². The molecule has 0 bridgehead atoms. The highest BCUT2D eigenvalue weighted by atomic mass is 32.2. The molecule has 1 heterocycles. The van der Waals surface area contributed by atoms with Gasteiger partial charge in [0.1, 0.15) is 0 Å². The quantitative estimate of drug-likeness (QED) is 0.838. The maximum Gasteiger partial charge on any atom is 0.243 e. The van der Waals surface area contributed by atoms with E-state index in [9.17, 15) is 13.5 Å². The van der Waals surface area contributed by atoms with Crippen molar-refractivity contribution in [3.8, 4) is 0 Å². The smallest absolute Gasteiger partial charge is 0.243 e.